The van der Waals surface area contributed by atoms with Crippen molar-refractivity contribution in [2.24, 2.45) is 0 Å². The number of para-hydroxylation sites is 1. The fourth-order valence-electron chi connectivity index (χ4n) is 1.67. The SMILES string of the molecule is [C-]#[N+]CCCCCCC(=O)c1ccccc1O. The molecule has 17 heavy (non-hydrogen) atoms. The molecule has 0 aliphatic carbocycles. The van der Waals surface area contributed by atoms with Crippen molar-refractivity contribution in [1.29, 1.82) is 0 Å². The van der Waals surface area contributed by atoms with Gasteiger partial charge in [0.2, 0.25) is 6.54 Å². The molecule has 3 heteroatoms. The topological polar surface area (TPSA) is 41.7 Å². The van der Waals surface area contributed by atoms with Gasteiger partial charge < -0.3 is 9.95 Å². The van der Waals surface area contributed by atoms with Crippen LogP contribution in [-0.4, -0.2) is 17.4 Å². The third kappa shape index (κ3) is 4.69. The smallest absolute Gasteiger partial charge is 0.214 e. The zero-order valence-corrected chi connectivity index (χ0v) is 9.85. The van der Waals surface area contributed by atoms with Crippen molar-refractivity contribution in [2.75, 3.05) is 6.54 Å². The van der Waals surface area contributed by atoms with Crippen LogP contribution in [0.15, 0.2) is 24.3 Å². The molecular formula is C14H17NO2. The fourth-order valence-corrected chi connectivity index (χ4v) is 1.67. The molecule has 90 valence electrons. The summed E-state index contributed by atoms with van der Waals surface area (Å²) >= 11 is 0. The molecule has 0 atom stereocenters. The summed E-state index contributed by atoms with van der Waals surface area (Å²) in [6.07, 6.45) is 4.17. The van der Waals surface area contributed by atoms with Crippen LogP contribution in [0.4, 0.5) is 0 Å². The number of nitrogens with zero attached hydrogens (tertiary/aromatic N) is 1. The Bertz CT molecular complexity index is 407. The molecule has 0 saturated carbocycles. The molecule has 0 radical (unpaired) electrons. The van der Waals surface area contributed by atoms with E-state index in [-0.39, 0.29) is 11.5 Å². The van der Waals surface area contributed by atoms with Gasteiger partial charge in [0.05, 0.1) is 5.56 Å². The van der Waals surface area contributed by atoms with E-state index in [2.05, 4.69) is 4.85 Å². The van der Waals surface area contributed by atoms with E-state index in [9.17, 15) is 9.90 Å². The van der Waals surface area contributed by atoms with E-state index in [4.69, 9.17) is 6.57 Å². The molecule has 0 fully saturated rings. The van der Waals surface area contributed by atoms with Crippen molar-refractivity contribution < 1.29 is 9.90 Å². The van der Waals surface area contributed by atoms with Crippen molar-refractivity contribution in [3.63, 3.8) is 0 Å². The molecule has 0 aliphatic heterocycles. The second-order valence-electron chi connectivity index (χ2n) is 3.99. The standard InChI is InChI=1S/C14H17NO2/c1-15-11-7-3-2-4-9-13(16)12-8-5-6-10-14(12)17/h5-6,8,10,17H,2-4,7,9,11H2. The minimum Gasteiger partial charge on any atom is -0.507 e. The normalized spacial score (nSPS) is 9.82. The van der Waals surface area contributed by atoms with Gasteiger partial charge in [-0.05, 0) is 25.0 Å². The number of carbonyl (C=O) groups is 1. The zero-order chi connectivity index (χ0) is 12.5. The summed E-state index contributed by atoms with van der Waals surface area (Å²) in [4.78, 5) is 15.0. The van der Waals surface area contributed by atoms with E-state index in [0.29, 0.717) is 18.5 Å². The summed E-state index contributed by atoms with van der Waals surface area (Å²) in [5.74, 6) is 0.0544. The van der Waals surface area contributed by atoms with Crippen molar-refractivity contribution in [2.45, 2.75) is 32.1 Å². The van der Waals surface area contributed by atoms with E-state index < -0.39 is 0 Å². The first kappa shape index (κ1) is 13.2. The van der Waals surface area contributed by atoms with E-state index in [1.54, 1.807) is 18.2 Å². The maximum absolute atomic E-state index is 11.7. The maximum Gasteiger partial charge on any atom is 0.214 e. The number of benzene rings is 1. The van der Waals surface area contributed by atoms with Crippen LogP contribution in [0, 0.1) is 6.57 Å². The van der Waals surface area contributed by atoms with Gasteiger partial charge in [-0.1, -0.05) is 18.6 Å². The molecule has 0 unspecified atom stereocenters. The molecule has 0 amide bonds. The van der Waals surface area contributed by atoms with Gasteiger partial charge in [0.15, 0.2) is 5.78 Å². The highest BCUT2D eigenvalue weighted by Crippen LogP contribution is 2.18. The number of hydrogen-bond donors (Lipinski definition) is 1. The van der Waals surface area contributed by atoms with Gasteiger partial charge >= 0.3 is 0 Å². The second-order valence-corrected chi connectivity index (χ2v) is 3.99. The minimum absolute atomic E-state index is 0.00622. The highest BCUT2D eigenvalue weighted by atomic mass is 16.3. The lowest BCUT2D eigenvalue weighted by atomic mass is 10.0. The van der Waals surface area contributed by atoms with Gasteiger partial charge in [0.1, 0.15) is 5.75 Å². The van der Waals surface area contributed by atoms with Crippen LogP contribution < -0.4 is 0 Å². The van der Waals surface area contributed by atoms with E-state index in [1.807, 2.05) is 0 Å². The largest absolute Gasteiger partial charge is 0.507 e. The Kier molecular flexibility index (Phi) is 5.81. The molecule has 1 aromatic rings. The maximum atomic E-state index is 11.7. The average molecular weight is 231 g/mol. The van der Waals surface area contributed by atoms with Gasteiger partial charge in [-0.3, -0.25) is 4.79 Å². The van der Waals surface area contributed by atoms with E-state index in [1.165, 1.54) is 6.07 Å². The Balaban J connectivity index is 2.27. The molecule has 0 saturated heterocycles. The summed E-state index contributed by atoms with van der Waals surface area (Å²) in [6.45, 7) is 7.21. The lowest BCUT2D eigenvalue weighted by Gasteiger charge is -2.02. The predicted molar refractivity (Wildman–Crippen MR) is 67.0 cm³/mol. The average Bonchev–Trinajstić information content (AvgIpc) is 2.34. The Morgan fingerprint density at radius 2 is 1.88 bits per heavy atom. The first-order valence-corrected chi connectivity index (χ1v) is 5.90. The number of phenols is 1. The highest BCUT2D eigenvalue weighted by Gasteiger charge is 2.09. The Morgan fingerprint density at radius 1 is 1.18 bits per heavy atom. The fraction of sp³-hybridized carbons (Fsp3) is 0.429. The Hall–Kier alpha value is -1.82. The van der Waals surface area contributed by atoms with Crippen molar-refractivity contribution in [3.8, 4) is 5.75 Å². The van der Waals surface area contributed by atoms with Crippen molar-refractivity contribution in [1.82, 2.24) is 0 Å². The van der Waals surface area contributed by atoms with Crippen LogP contribution in [-0.2, 0) is 0 Å². The minimum atomic E-state index is -0.00622. The molecule has 0 aliphatic rings. The van der Waals surface area contributed by atoms with Gasteiger partial charge in [0, 0.05) is 12.8 Å². The molecular weight excluding hydrogens is 214 g/mol. The number of Topliss-reactive ketones (excluding diaryl/α,β-unsaturated/α-hetero) is 1. The van der Waals surface area contributed by atoms with Crippen LogP contribution in [0.25, 0.3) is 4.85 Å². The molecule has 1 rings (SSSR count). The van der Waals surface area contributed by atoms with Crippen molar-refractivity contribution in [3.05, 3.63) is 41.2 Å². The molecule has 0 spiro atoms. The molecule has 0 aromatic heterocycles. The van der Waals surface area contributed by atoms with Crippen molar-refractivity contribution >= 4 is 5.78 Å². The molecule has 0 heterocycles. The second kappa shape index (κ2) is 7.45. The number of hydrogen-bond acceptors (Lipinski definition) is 2. The molecule has 3 nitrogen and oxygen atoms in total. The molecule has 1 aromatic carbocycles. The lowest BCUT2D eigenvalue weighted by molar-refractivity contribution is 0.0976. The number of aromatic hydroxyl groups is 1. The van der Waals surface area contributed by atoms with Gasteiger partial charge in [-0.15, -0.1) is 0 Å². The number of rotatable bonds is 7. The van der Waals surface area contributed by atoms with Gasteiger partial charge in [-0.2, -0.15) is 0 Å². The Labute approximate surface area is 102 Å². The number of ketones is 1. The summed E-state index contributed by atoms with van der Waals surface area (Å²) in [7, 11) is 0. The zero-order valence-electron chi connectivity index (χ0n) is 9.85. The van der Waals surface area contributed by atoms with Crippen LogP contribution in [0.3, 0.4) is 0 Å². The lowest BCUT2D eigenvalue weighted by Crippen LogP contribution is -1.99. The number of unbranched alkanes of at least 4 members (excludes halogenated alkanes) is 3. The summed E-state index contributed by atoms with van der Waals surface area (Å²) in [5.41, 5.74) is 0.411. The first-order valence-electron chi connectivity index (χ1n) is 5.90. The third-order valence-corrected chi connectivity index (χ3v) is 2.63. The summed E-state index contributed by atoms with van der Waals surface area (Å²) in [6, 6.07) is 6.64. The summed E-state index contributed by atoms with van der Waals surface area (Å²) in [5, 5.41) is 9.50. The van der Waals surface area contributed by atoms with Crippen LogP contribution in [0.1, 0.15) is 42.5 Å². The van der Waals surface area contributed by atoms with E-state index in [0.717, 1.165) is 25.7 Å². The first-order chi connectivity index (χ1) is 8.25. The molecule has 1 N–H and O–H groups in total. The van der Waals surface area contributed by atoms with Crippen LogP contribution >= 0.6 is 0 Å². The van der Waals surface area contributed by atoms with Gasteiger partial charge in [0.25, 0.3) is 0 Å². The van der Waals surface area contributed by atoms with Crippen LogP contribution in [0.5, 0.6) is 5.75 Å². The predicted octanol–water partition coefficient (Wildman–Crippen LogP) is 3.44. The highest BCUT2D eigenvalue weighted by molar-refractivity contribution is 5.98. The monoisotopic (exact) mass is 231 g/mol. The summed E-state index contributed by atoms with van der Waals surface area (Å²) < 4.78 is 0. The van der Waals surface area contributed by atoms with Crippen LogP contribution in [0.2, 0.25) is 0 Å². The third-order valence-electron chi connectivity index (χ3n) is 2.63. The number of carbonyl (C=O) groups excluding carboxylic acids is 1. The Morgan fingerprint density at radius 3 is 2.59 bits per heavy atom. The van der Waals surface area contributed by atoms with Gasteiger partial charge in [-0.25, -0.2) is 6.57 Å². The van der Waals surface area contributed by atoms with E-state index >= 15 is 0 Å². The quantitative estimate of drug-likeness (QED) is 0.443. The number of phenolic OH excluding ortho intramolecular Hbond substituents is 1. The molecule has 0 bridgehead atoms.